The van der Waals surface area contributed by atoms with E-state index in [2.05, 4.69) is 26.6 Å². The molecule has 0 aliphatic carbocycles. The third-order valence-electron chi connectivity index (χ3n) is 11.9. The third-order valence-corrected chi connectivity index (χ3v) is 11.9. The Kier molecular flexibility index (Phi) is 12.8. The number of carbonyl (C=O) groups is 2. The summed E-state index contributed by atoms with van der Waals surface area (Å²) >= 11 is 0. The minimum Gasteiger partial charge on any atom is -0.506 e. The number of hydrogen-bond acceptors (Lipinski definition) is 9. The summed E-state index contributed by atoms with van der Waals surface area (Å²) in [5.41, 5.74) is 5.86. The number of nitrogens with zero attached hydrogens (tertiary/aromatic N) is 1. The van der Waals surface area contributed by atoms with Gasteiger partial charge < -0.3 is 40.4 Å². The van der Waals surface area contributed by atoms with Crippen molar-refractivity contribution in [2.75, 3.05) is 32.7 Å². The molecule has 1 aromatic heterocycles. The largest absolute Gasteiger partial charge is 0.506 e. The van der Waals surface area contributed by atoms with Gasteiger partial charge in [-0.25, -0.2) is 9.59 Å². The molecule has 3 aliphatic heterocycles. The van der Waals surface area contributed by atoms with Crippen LogP contribution < -0.4 is 20.9 Å². The highest BCUT2D eigenvalue weighted by Crippen LogP contribution is 2.32. The lowest BCUT2D eigenvalue weighted by molar-refractivity contribution is -0.0336. The summed E-state index contributed by atoms with van der Waals surface area (Å²) in [5.74, 6) is -0.117. The number of alkyl carbamates (subject to hydrolysis) is 1. The number of aromatic nitrogens is 1. The number of benzene rings is 5. The lowest BCUT2D eigenvalue weighted by atomic mass is 9.86. The summed E-state index contributed by atoms with van der Waals surface area (Å²) in [6.07, 6.45) is 1.68. The van der Waals surface area contributed by atoms with Gasteiger partial charge in [0.05, 0.1) is 23.2 Å². The van der Waals surface area contributed by atoms with Gasteiger partial charge in [0.25, 0.3) is 0 Å². The molecule has 2 bridgehead atoms. The van der Waals surface area contributed by atoms with Gasteiger partial charge >= 0.3 is 12.1 Å². The maximum atomic E-state index is 13.4. The van der Waals surface area contributed by atoms with E-state index in [0.29, 0.717) is 47.6 Å². The smallest absolute Gasteiger partial charge is 0.408 e. The van der Waals surface area contributed by atoms with Gasteiger partial charge in [0.15, 0.2) is 0 Å². The molecular formula is C49H50N4O8. The zero-order valence-electron chi connectivity index (χ0n) is 33.8. The van der Waals surface area contributed by atoms with Gasteiger partial charge in [-0.1, -0.05) is 84.9 Å². The van der Waals surface area contributed by atoms with Crippen molar-refractivity contribution in [2.24, 2.45) is 5.92 Å². The lowest BCUT2D eigenvalue weighted by Gasteiger charge is -2.43. The van der Waals surface area contributed by atoms with Gasteiger partial charge in [0.2, 0.25) is 5.56 Å². The predicted octanol–water partition coefficient (Wildman–Crippen LogP) is 6.88. The second kappa shape index (κ2) is 18.8. The number of aliphatic hydroxyl groups excluding tert-OH is 1. The molecule has 0 saturated carbocycles. The first-order chi connectivity index (χ1) is 29.7. The van der Waals surface area contributed by atoms with Crippen LogP contribution in [0.25, 0.3) is 10.9 Å². The Bertz CT molecular complexity index is 2550. The fourth-order valence-corrected chi connectivity index (χ4v) is 8.69. The first kappa shape index (κ1) is 41.3. The van der Waals surface area contributed by atoms with E-state index in [9.17, 15) is 29.7 Å². The number of aromatic carboxylic acids is 1. The van der Waals surface area contributed by atoms with Gasteiger partial charge in [-0.3, -0.25) is 9.69 Å². The molecule has 1 amide bonds. The van der Waals surface area contributed by atoms with Crippen molar-refractivity contribution in [1.82, 2.24) is 20.5 Å². The Balaban J connectivity index is 0.920. The average Bonchev–Trinajstić information content (AvgIpc) is 3.27. The van der Waals surface area contributed by atoms with Crippen molar-refractivity contribution in [3.8, 4) is 11.5 Å². The van der Waals surface area contributed by atoms with E-state index >= 15 is 0 Å². The van der Waals surface area contributed by atoms with Gasteiger partial charge in [-0.2, -0.15) is 0 Å². The number of H-pyrrole nitrogens is 1. The summed E-state index contributed by atoms with van der Waals surface area (Å²) in [4.78, 5) is 42.6. The molecule has 12 nitrogen and oxygen atoms in total. The summed E-state index contributed by atoms with van der Waals surface area (Å²) < 4.78 is 12.4. The van der Waals surface area contributed by atoms with Crippen molar-refractivity contribution in [3.63, 3.8) is 0 Å². The average molecular weight is 823 g/mol. The van der Waals surface area contributed by atoms with Crippen LogP contribution in [0.4, 0.5) is 4.79 Å². The van der Waals surface area contributed by atoms with Crippen molar-refractivity contribution in [1.29, 1.82) is 0 Å². The molecule has 3 fully saturated rings. The summed E-state index contributed by atoms with van der Waals surface area (Å²) in [6, 6.07) is 36.2. The number of phenolic OH excluding ortho intramolecular Hbond substituents is 1. The molecule has 12 heteroatoms. The molecule has 6 aromatic rings. The first-order valence-corrected chi connectivity index (χ1v) is 20.8. The molecule has 3 saturated heterocycles. The van der Waals surface area contributed by atoms with Gasteiger partial charge in [-0.05, 0) is 121 Å². The second-order valence-electron chi connectivity index (χ2n) is 15.9. The Morgan fingerprint density at radius 1 is 0.852 bits per heavy atom. The van der Waals surface area contributed by atoms with E-state index in [1.807, 2.05) is 78.9 Å². The van der Waals surface area contributed by atoms with Gasteiger partial charge in [0, 0.05) is 24.5 Å². The van der Waals surface area contributed by atoms with E-state index in [4.69, 9.17) is 9.47 Å². The molecule has 0 spiro atoms. The summed E-state index contributed by atoms with van der Waals surface area (Å²) in [5, 5.41) is 38.4. The third kappa shape index (κ3) is 9.95. The lowest BCUT2D eigenvalue weighted by Crippen LogP contribution is -2.52. The van der Waals surface area contributed by atoms with Crippen LogP contribution in [0.1, 0.15) is 74.3 Å². The van der Waals surface area contributed by atoms with Crippen LogP contribution in [-0.2, 0) is 24.2 Å². The molecule has 3 aliphatic rings. The molecule has 61 heavy (non-hydrogen) atoms. The number of fused-ring (bicyclic) bond motifs is 4. The number of phenols is 1. The number of aromatic hydroxyl groups is 1. The number of nitrogens with one attached hydrogen (secondary N) is 3. The Hall–Kier alpha value is -6.47. The van der Waals surface area contributed by atoms with Crippen molar-refractivity contribution < 1.29 is 34.4 Å². The standard InChI is InChI=1S/C49H50N4O8/c54-42-17-15-38(39-16-18-45(56)51-47(39)42)43(55)28-50-22-19-31-7-4-8-32(25-31)26-41-36(12-6-14-40(41)48(57)58)30-60-37-13-5-11-35(27-37)46(34-9-2-1-3-10-34)52-49(59)61-44-29-53-23-20-33(44)21-24-53/h1-18,25,27,33,43-44,46,50,54-55H,19-24,26,28-30H2,(H,51,56)(H,52,59)(H,57,58)/t43?,44?,46-/m0/s1. The summed E-state index contributed by atoms with van der Waals surface area (Å²) in [7, 11) is 0. The first-order valence-electron chi connectivity index (χ1n) is 20.8. The van der Waals surface area contributed by atoms with E-state index in [0.717, 1.165) is 60.3 Å². The topological polar surface area (TPSA) is 173 Å². The number of amides is 1. The number of piperidine rings is 3. The van der Waals surface area contributed by atoms with Crippen LogP contribution in [0.15, 0.2) is 126 Å². The zero-order valence-corrected chi connectivity index (χ0v) is 33.8. The van der Waals surface area contributed by atoms with Crippen LogP contribution in [0.5, 0.6) is 11.5 Å². The van der Waals surface area contributed by atoms with Crippen molar-refractivity contribution >= 4 is 23.0 Å². The fourth-order valence-electron chi connectivity index (χ4n) is 8.69. The van der Waals surface area contributed by atoms with E-state index in [-0.39, 0.29) is 41.6 Å². The highest BCUT2D eigenvalue weighted by Gasteiger charge is 2.37. The highest BCUT2D eigenvalue weighted by molar-refractivity contribution is 5.90. The van der Waals surface area contributed by atoms with Crippen molar-refractivity contribution in [2.45, 2.75) is 50.5 Å². The Morgan fingerprint density at radius 3 is 2.41 bits per heavy atom. The normalized spacial score (nSPS) is 18.0. The SMILES string of the molecule is O=C(N[C@@H](c1ccccc1)c1cccc(OCc2cccc(C(=O)O)c2Cc2cccc(CCNCC(O)c3ccc(O)c4[nH]c(=O)ccc34)c2)c1)OC1CN2CCC1CC2. The van der Waals surface area contributed by atoms with Crippen molar-refractivity contribution in [3.05, 3.63) is 176 Å². The van der Waals surface area contributed by atoms with Crippen LogP contribution in [-0.4, -0.2) is 76.1 Å². The Morgan fingerprint density at radius 2 is 1.62 bits per heavy atom. The number of rotatable bonds is 16. The zero-order chi connectivity index (χ0) is 42.3. The van der Waals surface area contributed by atoms with Gasteiger partial charge in [-0.15, -0.1) is 0 Å². The number of aliphatic hydroxyl groups is 1. The quantitative estimate of drug-likeness (QED) is 0.0566. The molecule has 4 heterocycles. The number of aromatic amines is 1. The molecule has 2 unspecified atom stereocenters. The van der Waals surface area contributed by atoms with Crippen LogP contribution in [0.2, 0.25) is 0 Å². The number of carbonyl (C=O) groups excluding carboxylic acids is 1. The second-order valence-corrected chi connectivity index (χ2v) is 15.9. The van der Waals surface area contributed by atoms with Crippen LogP contribution >= 0.6 is 0 Å². The minimum atomic E-state index is -1.02. The molecule has 9 rings (SSSR count). The Labute approximate surface area is 353 Å². The summed E-state index contributed by atoms with van der Waals surface area (Å²) in [6.45, 7) is 3.84. The van der Waals surface area contributed by atoms with E-state index in [1.165, 1.54) is 12.1 Å². The van der Waals surface area contributed by atoms with Crippen LogP contribution in [0, 0.1) is 5.92 Å². The number of carboxylic acids is 1. The monoisotopic (exact) mass is 822 g/mol. The number of ether oxygens (including phenoxy) is 2. The maximum absolute atomic E-state index is 13.4. The molecule has 314 valence electrons. The minimum absolute atomic E-state index is 0.0617. The molecule has 6 N–H and O–H groups in total. The van der Waals surface area contributed by atoms with E-state index < -0.39 is 24.2 Å². The maximum Gasteiger partial charge on any atom is 0.408 e. The molecular weight excluding hydrogens is 773 g/mol. The highest BCUT2D eigenvalue weighted by atomic mass is 16.6. The van der Waals surface area contributed by atoms with Crippen LogP contribution in [0.3, 0.4) is 0 Å². The van der Waals surface area contributed by atoms with E-state index in [1.54, 1.807) is 24.3 Å². The number of hydrogen-bond donors (Lipinski definition) is 6. The number of pyridine rings is 1. The number of carboxylic acid groups (broad SMARTS) is 1. The molecule has 5 aromatic carbocycles. The molecule has 3 atom stereocenters. The molecule has 0 radical (unpaired) electrons. The van der Waals surface area contributed by atoms with Gasteiger partial charge in [0.1, 0.15) is 24.2 Å². The predicted molar refractivity (Wildman–Crippen MR) is 232 cm³/mol. The fraction of sp³-hybridized carbons (Fsp3) is 0.286.